The molecule has 7 heteroatoms. The summed E-state index contributed by atoms with van der Waals surface area (Å²) in [5, 5.41) is 17.3. The van der Waals surface area contributed by atoms with Crippen molar-refractivity contribution in [1.82, 2.24) is 10.2 Å². The van der Waals surface area contributed by atoms with Crippen molar-refractivity contribution >= 4 is 33.5 Å². The Kier molecular flexibility index (Phi) is 4.25. The van der Waals surface area contributed by atoms with Gasteiger partial charge in [0.1, 0.15) is 11.3 Å². The summed E-state index contributed by atoms with van der Waals surface area (Å²) >= 11 is 9.31. The quantitative estimate of drug-likeness (QED) is 0.899. The molecule has 1 aromatic carbocycles. The molecule has 1 N–H and O–H groups in total. The van der Waals surface area contributed by atoms with Crippen LogP contribution < -0.4 is 4.74 Å². The lowest BCUT2D eigenvalue weighted by Gasteiger charge is -2.11. The van der Waals surface area contributed by atoms with Gasteiger partial charge in [-0.05, 0) is 37.6 Å². The Morgan fingerprint density at radius 3 is 2.65 bits per heavy atom. The molecule has 0 fully saturated rings. The minimum atomic E-state index is -1.12. The molecular formula is C13H10BrClN2O3. The molecule has 0 atom stereocenters. The molecule has 5 nitrogen and oxygen atoms in total. The Bertz CT molecular complexity index is 692. The maximum absolute atomic E-state index is 11.3. The highest BCUT2D eigenvalue weighted by atomic mass is 79.9. The lowest BCUT2D eigenvalue weighted by atomic mass is 10.1. The standard InChI is InChI=1S/C13H10BrClN2O3/c1-6-7(2)16-17-12(11(6)13(18)19)20-10-4-3-8(14)5-9(10)15/h3-5H,1-2H3,(H,18,19). The normalized spacial score (nSPS) is 10.4. The van der Waals surface area contributed by atoms with Gasteiger partial charge in [-0.25, -0.2) is 4.79 Å². The largest absolute Gasteiger partial charge is 0.477 e. The van der Waals surface area contributed by atoms with Crippen molar-refractivity contribution in [2.24, 2.45) is 0 Å². The van der Waals surface area contributed by atoms with Crippen molar-refractivity contribution in [3.05, 3.63) is 44.5 Å². The number of carboxylic acids is 1. The number of carboxylic acid groups (broad SMARTS) is 1. The van der Waals surface area contributed by atoms with Crippen LogP contribution in [0, 0.1) is 13.8 Å². The van der Waals surface area contributed by atoms with Crippen LogP contribution in [0.25, 0.3) is 0 Å². The lowest BCUT2D eigenvalue weighted by Crippen LogP contribution is -2.08. The van der Waals surface area contributed by atoms with E-state index in [9.17, 15) is 9.90 Å². The number of aromatic nitrogens is 2. The number of ether oxygens (including phenoxy) is 1. The van der Waals surface area contributed by atoms with E-state index in [1.54, 1.807) is 32.0 Å². The summed E-state index contributed by atoms with van der Waals surface area (Å²) in [5.41, 5.74) is 1.03. The SMILES string of the molecule is Cc1nnc(Oc2ccc(Br)cc2Cl)c(C(=O)O)c1C. The van der Waals surface area contributed by atoms with Crippen molar-refractivity contribution in [2.45, 2.75) is 13.8 Å². The summed E-state index contributed by atoms with van der Waals surface area (Å²) in [6.45, 7) is 3.34. The van der Waals surface area contributed by atoms with E-state index in [1.807, 2.05) is 0 Å². The molecule has 2 aromatic rings. The molecule has 0 saturated heterocycles. The Morgan fingerprint density at radius 1 is 1.35 bits per heavy atom. The van der Waals surface area contributed by atoms with Gasteiger partial charge in [0, 0.05) is 4.47 Å². The summed E-state index contributed by atoms with van der Waals surface area (Å²) < 4.78 is 6.28. The van der Waals surface area contributed by atoms with Gasteiger partial charge in [0.25, 0.3) is 5.88 Å². The molecule has 1 heterocycles. The summed E-state index contributed by atoms with van der Waals surface area (Å²) in [6, 6.07) is 5.00. The molecule has 0 unspecified atom stereocenters. The van der Waals surface area contributed by atoms with E-state index >= 15 is 0 Å². The van der Waals surface area contributed by atoms with Crippen molar-refractivity contribution in [2.75, 3.05) is 0 Å². The van der Waals surface area contributed by atoms with Crippen LogP contribution >= 0.6 is 27.5 Å². The zero-order chi connectivity index (χ0) is 14.9. The zero-order valence-corrected chi connectivity index (χ0v) is 13.0. The van der Waals surface area contributed by atoms with Gasteiger partial charge in [-0.15, -0.1) is 5.10 Å². The van der Waals surface area contributed by atoms with Gasteiger partial charge < -0.3 is 9.84 Å². The van der Waals surface area contributed by atoms with Crippen LogP contribution in [-0.2, 0) is 0 Å². The Hall–Kier alpha value is -1.66. The number of aromatic carboxylic acids is 1. The molecule has 1 aromatic heterocycles. The Morgan fingerprint density at radius 2 is 2.05 bits per heavy atom. The van der Waals surface area contributed by atoms with Gasteiger partial charge in [0.05, 0.1) is 10.7 Å². The number of nitrogens with zero attached hydrogens (tertiary/aromatic N) is 2. The predicted molar refractivity (Wildman–Crippen MR) is 77.7 cm³/mol. The second-order valence-electron chi connectivity index (χ2n) is 4.07. The molecule has 0 bridgehead atoms. The van der Waals surface area contributed by atoms with E-state index in [-0.39, 0.29) is 11.4 Å². The first-order valence-electron chi connectivity index (χ1n) is 5.60. The molecule has 0 saturated carbocycles. The second-order valence-corrected chi connectivity index (χ2v) is 5.40. The average Bonchev–Trinajstić information content (AvgIpc) is 2.36. The van der Waals surface area contributed by atoms with Gasteiger partial charge >= 0.3 is 5.97 Å². The van der Waals surface area contributed by atoms with Gasteiger partial charge in [0.15, 0.2) is 0 Å². The highest BCUT2D eigenvalue weighted by Gasteiger charge is 2.20. The van der Waals surface area contributed by atoms with Crippen LogP contribution in [0.1, 0.15) is 21.6 Å². The molecule has 0 aliphatic carbocycles. The topological polar surface area (TPSA) is 72.3 Å². The first-order valence-corrected chi connectivity index (χ1v) is 6.77. The molecule has 20 heavy (non-hydrogen) atoms. The first-order chi connectivity index (χ1) is 9.40. The van der Waals surface area contributed by atoms with E-state index in [4.69, 9.17) is 16.3 Å². The van der Waals surface area contributed by atoms with Gasteiger partial charge in [0.2, 0.25) is 0 Å². The summed E-state index contributed by atoms with van der Waals surface area (Å²) in [5.74, 6) is -0.886. The van der Waals surface area contributed by atoms with Gasteiger partial charge in [-0.2, -0.15) is 5.10 Å². The average molecular weight is 358 g/mol. The number of aryl methyl sites for hydroxylation is 1. The minimum absolute atomic E-state index is 0.0171. The van der Waals surface area contributed by atoms with Crippen molar-refractivity contribution in [3.8, 4) is 11.6 Å². The van der Waals surface area contributed by atoms with Crippen molar-refractivity contribution < 1.29 is 14.6 Å². The number of rotatable bonds is 3. The van der Waals surface area contributed by atoms with Crippen LogP contribution in [0.15, 0.2) is 22.7 Å². The molecular weight excluding hydrogens is 348 g/mol. The number of carbonyl (C=O) groups is 1. The maximum atomic E-state index is 11.3. The fourth-order valence-electron chi connectivity index (χ4n) is 1.57. The highest BCUT2D eigenvalue weighted by molar-refractivity contribution is 9.10. The first kappa shape index (κ1) is 14.7. The van der Waals surface area contributed by atoms with Gasteiger partial charge in [-0.1, -0.05) is 27.5 Å². The number of hydrogen-bond acceptors (Lipinski definition) is 4. The minimum Gasteiger partial charge on any atom is -0.477 e. The predicted octanol–water partition coefficient (Wildman–Crippen LogP) is 4.00. The monoisotopic (exact) mass is 356 g/mol. The molecule has 104 valence electrons. The summed E-state index contributed by atoms with van der Waals surface area (Å²) in [7, 11) is 0. The van der Waals surface area contributed by atoms with Crippen molar-refractivity contribution in [3.63, 3.8) is 0 Å². The molecule has 2 rings (SSSR count). The molecule has 0 aliphatic rings. The third-order valence-corrected chi connectivity index (χ3v) is 3.53. The third-order valence-electron chi connectivity index (χ3n) is 2.74. The lowest BCUT2D eigenvalue weighted by molar-refractivity contribution is 0.0692. The van der Waals surface area contributed by atoms with Crippen LogP contribution in [0.2, 0.25) is 5.02 Å². The zero-order valence-electron chi connectivity index (χ0n) is 10.6. The van der Waals surface area contributed by atoms with E-state index in [0.29, 0.717) is 22.0 Å². The molecule has 0 radical (unpaired) electrons. The van der Waals surface area contributed by atoms with E-state index < -0.39 is 5.97 Å². The van der Waals surface area contributed by atoms with Crippen LogP contribution in [-0.4, -0.2) is 21.3 Å². The smallest absolute Gasteiger partial charge is 0.341 e. The fourth-order valence-corrected chi connectivity index (χ4v) is 2.28. The van der Waals surface area contributed by atoms with E-state index in [0.717, 1.165) is 4.47 Å². The molecule has 0 spiro atoms. The molecule has 0 amide bonds. The summed E-state index contributed by atoms with van der Waals surface area (Å²) in [6.07, 6.45) is 0. The van der Waals surface area contributed by atoms with E-state index in [1.165, 1.54) is 0 Å². The van der Waals surface area contributed by atoms with Crippen LogP contribution in [0.5, 0.6) is 11.6 Å². The number of benzene rings is 1. The number of halogens is 2. The van der Waals surface area contributed by atoms with Crippen LogP contribution in [0.4, 0.5) is 0 Å². The second kappa shape index (κ2) is 5.76. The maximum Gasteiger partial charge on any atom is 0.341 e. The Balaban J connectivity index is 2.48. The fraction of sp³-hybridized carbons (Fsp3) is 0.154. The van der Waals surface area contributed by atoms with Gasteiger partial charge in [-0.3, -0.25) is 0 Å². The number of hydrogen-bond donors (Lipinski definition) is 1. The summed E-state index contributed by atoms with van der Waals surface area (Å²) in [4.78, 5) is 11.3. The van der Waals surface area contributed by atoms with E-state index in [2.05, 4.69) is 26.1 Å². The van der Waals surface area contributed by atoms with Crippen molar-refractivity contribution in [1.29, 1.82) is 0 Å². The Labute approximate surface area is 128 Å². The highest BCUT2D eigenvalue weighted by Crippen LogP contribution is 2.33. The van der Waals surface area contributed by atoms with Crippen LogP contribution in [0.3, 0.4) is 0 Å². The third kappa shape index (κ3) is 2.91. The molecule has 0 aliphatic heterocycles.